The van der Waals surface area contributed by atoms with Gasteiger partial charge in [-0.25, -0.2) is 4.98 Å². The molecule has 1 aromatic heterocycles. The molecule has 2 aromatic rings. The van der Waals surface area contributed by atoms with Crippen LogP contribution in [-0.4, -0.2) is 55.6 Å². The number of aryl methyl sites for hydroxylation is 1. The number of likely N-dealkylation sites (N-methyl/N-ethyl adjacent to an activating group) is 1. The van der Waals surface area contributed by atoms with Crippen LogP contribution in [0.2, 0.25) is 0 Å². The largest absolute Gasteiger partial charge is 0.385 e. The molecule has 1 heterocycles. The molecule has 0 radical (unpaired) electrons. The third-order valence-corrected chi connectivity index (χ3v) is 4.92. The van der Waals surface area contributed by atoms with Crippen LogP contribution < -0.4 is 10.6 Å². The predicted molar refractivity (Wildman–Crippen MR) is 111 cm³/mol. The van der Waals surface area contributed by atoms with E-state index in [4.69, 9.17) is 4.74 Å². The Balaban J connectivity index is 1.76. The third-order valence-electron chi connectivity index (χ3n) is 4.02. The number of carbonyl (C=O) groups is 2. The highest BCUT2D eigenvalue weighted by atomic mass is 32.1. The molecule has 2 N–H and O–H groups in total. The van der Waals surface area contributed by atoms with Gasteiger partial charge in [-0.2, -0.15) is 0 Å². The second-order valence-electron chi connectivity index (χ2n) is 6.64. The van der Waals surface area contributed by atoms with Crippen LogP contribution in [-0.2, 0) is 27.3 Å². The van der Waals surface area contributed by atoms with E-state index < -0.39 is 0 Å². The van der Waals surface area contributed by atoms with Crippen molar-refractivity contribution < 1.29 is 14.3 Å². The lowest BCUT2D eigenvalue weighted by molar-refractivity contribution is -0.122. The zero-order valence-corrected chi connectivity index (χ0v) is 17.5. The number of para-hydroxylation sites is 1. The predicted octanol–water partition coefficient (Wildman–Crippen LogP) is 2.22. The SMILES string of the molecule is COCCCNC(=O)CN(C)Cc1csc(CC(=O)Nc2ccccc2C)n1. The van der Waals surface area contributed by atoms with E-state index in [9.17, 15) is 9.59 Å². The molecule has 0 aliphatic carbocycles. The smallest absolute Gasteiger partial charge is 0.234 e. The lowest BCUT2D eigenvalue weighted by Gasteiger charge is -2.14. The molecule has 0 aliphatic rings. The molecule has 0 saturated carbocycles. The number of hydrogen-bond acceptors (Lipinski definition) is 6. The molecular weight excluding hydrogens is 376 g/mol. The Morgan fingerprint density at radius 3 is 2.79 bits per heavy atom. The van der Waals surface area contributed by atoms with Gasteiger partial charge in [0, 0.05) is 37.9 Å². The van der Waals surface area contributed by atoms with Crippen LogP contribution >= 0.6 is 11.3 Å². The Hall–Kier alpha value is -2.29. The fourth-order valence-electron chi connectivity index (χ4n) is 2.63. The molecule has 0 atom stereocenters. The summed E-state index contributed by atoms with van der Waals surface area (Å²) < 4.78 is 4.96. The normalized spacial score (nSPS) is 10.9. The Kier molecular flexibility index (Phi) is 9.06. The van der Waals surface area contributed by atoms with Crippen molar-refractivity contribution in [3.8, 4) is 0 Å². The van der Waals surface area contributed by atoms with Crippen LogP contribution in [0, 0.1) is 6.92 Å². The van der Waals surface area contributed by atoms with Crippen molar-refractivity contribution in [3.05, 3.63) is 45.9 Å². The fraction of sp³-hybridized carbons (Fsp3) is 0.450. The summed E-state index contributed by atoms with van der Waals surface area (Å²) in [4.78, 5) is 30.6. The number of anilines is 1. The van der Waals surface area contributed by atoms with E-state index in [2.05, 4.69) is 15.6 Å². The molecule has 0 aliphatic heterocycles. The van der Waals surface area contributed by atoms with E-state index in [-0.39, 0.29) is 18.2 Å². The van der Waals surface area contributed by atoms with Crippen molar-refractivity contribution in [2.45, 2.75) is 26.3 Å². The van der Waals surface area contributed by atoms with Gasteiger partial charge in [0.05, 0.1) is 18.7 Å². The first-order chi connectivity index (χ1) is 13.5. The van der Waals surface area contributed by atoms with Gasteiger partial charge in [-0.1, -0.05) is 18.2 Å². The zero-order chi connectivity index (χ0) is 20.4. The first-order valence-electron chi connectivity index (χ1n) is 9.21. The number of nitrogens with zero attached hydrogens (tertiary/aromatic N) is 2. The van der Waals surface area contributed by atoms with E-state index in [0.29, 0.717) is 26.2 Å². The van der Waals surface area contributed by atoms with Crippen molar-refractivity contribution in [1.29, 1.82) is 0 Å². The molecule has 1 aromatic carbocycles. The number of ether oxygens (including phenoxy) is 1. The second-order valence-corrected chi connectivity index (χ2v) is 7.58. The summed E-state index contributed by atoms with van der Waals surface area (Å²) in [5.74, 6) is -0.106. The number of amides is 2. The van der Waals surface area contributed by atoms with E-state index in [1.54, 1.807) is 7.11 Å². The van der Waals surface area contributed by atoms with Crippen LogP contribution in [0.5, 0.6) is 0 Å². The van der Waals surface area contributed by atoms with E-state index in [1.165, 1.54) is 11.3 Å². The van der Waals surface area contributed by atoms with Crippen LogP contribution in [0.3, 0.4) is 0 Å². The molecule has 2 rings (SSSR count). The molecule has 8 heteroatoms. The van der Waals surface area contributed by atoms with Crippen molar-refractivity contribution >= 4 is 28.8 Å². The number of hydrogen-bond donors (Lipinski definition) is 2. The Bertz CT molecular complexity index is 778. The first kappa shape index (κ1) is 22.0. The van der Waals surface area contributed by atoms with Gasteiger partial charge < -0.3 is 15.4 Å². The summed E-state index contributed by atoms with van der Waals surface area (Å²) in [6, 6.07) is 7.68. The van der Waals surface area contributed by atoms with Crippen molar-refractivity contribution in [3.63, 3.8) is 0 Å². The van der Waals surface area contributed by atoms with Crippen LogP contribution in [0.1, 0.15) is 22.7 Å². The van der Waals surface area contributed by atoms with E-state index in [1.807, 2.05) is 48.5 Å². The quantitative estimate of drug-likeness (QED) is 0.561. The molecule has 152 valence electrons. The second kappa shape index (κ2) is 11.5. The maximum absolute atomic E-state index is 12.2. The van der Waals surface area contributed by atoms with E-state index in [0.717, 1.165) is 28.4 Å². The zero-order valence-electron chi connectivity index (χ0n) is 16.7. The van der Waals surface area contributed by atoms with Gasteiger partial charge in [0.25, 0.3) is 0 Å². The lowest BCUT2D eigenvalue weighted by atomic mass is 10.2. The third kappa shape index (κ3) is 7.75. The maximum Gasteiger partial charge on any atom is 0.234 e. The monoisotopic (exact) mass is 404 g/mol. The molecule has 0 saturated heterocycles. The number of thiazole rings is 1. The summed E-state index contributed by atoms with van der Waals surface area (Å²) in [6.45, 7) is 4.06. The van der Waals surface area contributed by atoms with Gasteiger partial charge in [-0.3, -0.25) is 14.5 Å². The summed E-state index contributed by atoms with van der Waals surface area (Å²) >= 11 is 1.46. The van der Waals surface area contributed by atoms with Gasteiger partial charge in [0.2, 0.25) is 11.8 Å². The van der Waals surface area contributed by atoms with Gasteiger partial charge in [-0.05, 0) is 32.0 Å². The number of carbonyl (C=O) groups excluding carboxylic acids is 2. The highest BCUT2D eigenvalue weighted by molar-refractivity contribution is 7.09. The van der Waals surface area contributed by atoms with Gasteiger partial charge in [0.1, 0.15) is 5.01 Å². The number of nitrogens with one attached hydrogen (secondary N) is 2. The topological polar surface area (TPSA) is 83.6 Å². The highest BCUT2D eigenvalue weighted by Gasteiger charge is 2.12. The van der Waals surface area contributed by atoms with Crippen molar-refractivity contribution in [2.75, 3.05) is 39.2 Å². The minimum absolute atomic E-state index is 0.0216. The van der Waals surface area contributed by atoms with Crippen LogP contribution in [0.15, 0.2) is 29.6 Å². The molecule has 0 bridgehead atoms. The first-order valence-corrected chi connectivity index (χ1v) is 10.1. The van der Waals surface area contributed by atoms with Crippen LogP contribution in [0.4, 0.5) is 5.69 Å². The Morgan fingerprint density at radius 1 is 1.25 bits per heavy atom. The average molecular weight is 405 g/mol. The standard InChI is InChI=1S/C20H28N4O3S/c1-15-7-4-5-8-17(15)23-18(25)11-20-22-16(14-28-20)12-24(2)13-19(26)21-9-6-10-27-3/h4-5,7-8,14H,6,9-13H2,1-3H3,(H,21,26)(H,23,25). The molecule has 0 spiro atoms. The lowest BCUT2D eigenvalue weighted by Crippen LogP contribution is -2.35. The van der Waals surface area contributed by atoms with Crippen molar-refractivity contribution in [1.82, 2.24) is 15.2 Å². The fourth-order valence-corrected chi connectivity index (χ4v) is 3.41. The molecule has 28 heavy (non-hydrogen) atoms. The van der Waals surface area contributed by atoms with Crippen LogP contribution in [0.25, 0.3) is 0 Å². The molecule has 7 nitrogen and oxygen atoms in total. The van der Waals surface area contributed by atoms with Gasteiger partial charge in [0.15, 0.2) is 0 Å². The summed E-state index contributed by atoms with van der Waals surface area (Å²) in [5, 5.41) is 8.48. The number of methoxy groups -OCH3 is 1. The van der Waals surface area contributed by atoms with Gasteiger partial charge >= 0.3 is 0 Å². The number of benzene rings is 1. The van der Waals surface area contributed by atoms with Crippen molar-refractivity contribution in [2.24, 2.45) is 0 Å². The molecule has 0 unspecified atom stereocenters. The van der Waals surface area contributed by atoms with Gasteiger partial charge in [-0.15, -0.1) is 11.3 Å². The minimum Gasteiger partial charge on any atom is -0.385 e. The molecular formula is C20H28N4O3S. The molecule has 2 amide bonds. The molecule has 0 fully saturated rings. The average Bonchev–Trinajstić information content (AvgIpc) is 3.07. The summed E-state index contributed by atoms with van der Waals surface area (Å²) in [7, 11) is 3.52. The maximum atomic E-state index is 12.2. The summed E-state index contributed by atoms with van der Waals surface area (Å²) in [6.07, 6.45) is 1.04. The minimum atomic E-state index is -0.0843. The summed E-state index contributed by atoms with van der Waals surface area (Å²) in [5.41, 5.74) is 2.71. The Morgan fingerprint density at radius 2 is 2.04 bits per heavy atom. The van der Waals surface area contributed by atoms with E-state index >= 15 is 0 Å². The highest BCUT2D eigenvalue weighted by Crippen LogP contribution is 2.16. The number of aromatic nitrogens is 1. The number of rotatable bonds is 11. The Labute approximate surface area is 170 Å².